The van der Waals surface area contributed by atoms with Gasteiger partial charge in [0.25, 0.3) is 5.91 Å². The Balaban J connectivity index is 1.54. The van der Waals surface area contributed by atoms with Gasteiger partial charge in [-0.25, -0.2) is 0 Å². The summed E-state index contributed by atoms with van der Waals surface area (Å²) >= 11 is 0. The molecular formula is C34H37N3O4. The van der Waals surface area contributed by atoms with E-state index >= 15 is 0 Å². The second-order valence-corrected chi connectivity index (χ2v) is 10.9. The van der Waals surface area contributed by atoms with Gasteiger partial charge in [0.05, 0.1) is 14.2 Å². The monoisotopic (exact) mass is 551 g/mol. The number of anilines is 2. The highest BCUT2D eigenvalue weighted by Gasteiger charge is 2.41. The molecule has 3 aromatic rings. The average molecular weight is 552 g/mol. The lowest BCUT2D eigenvalue weighted by atomic mass is 9.71. The Morgan fingerprint density at radius 3 is 2.17 bits per heavy atom. The van der Waals surface area contributed by atoms with Gasteiger partial charge in [-0.15, -0.1) is 0 Å². The van der Waals surface area contributed by atoms with Crippen LogP contribution in [-0.4, -0.2) is 40.0 Å². The molecule has 0 fully saturated rings. The summed E-state index contributed by atoms with van der Waals surface area (Å²) in [5, 5.41) is 6.53. The Hall–Kier alpha value is -4.52. The van der Waals surface area contributed by atoms with E-state index in [4.69, 9.17) is 9.47 Å². The molecule has 1 heterocycles. The van der Waals surface area contributed by atoms with Gasteiger partial charge in [-0.3, -0.25) is 9.59 Å². The van der Waals surface area contributed by atoms with Crippen LogP contribution >= 0.6 is 0 Å². The lowest BCUT2D eigenvalue weighted by molar-refractivity contribution is -0.116. The summed E-state index contributed by atoms with van der Waals surface area (Å²) in [6.07, 6.45) is 0.987. The summed E-state index contributed by atoms with van der Waals surface area (Å²) < 4.78 is 10.9. The van der Waals surface area contributed by atoms with Gasteiger partial charge >= 0.3 is 0 Å². The average Bonchev–Trinajstić information content (AvgIpc) is 2.97. The van der Waals surface area contributed by atoms with Gasteiger partial charge < -0.3 is 25.0 Å². The molecule has 7 heteroatoms. The maximum Gasteiger partial charge on any atom is 0.254 e. The fraction of sp³-hybridized carbons (Fsp3) is 0.294. The van der Waals surface area contributed by atoms with Crippen molar-refractivity contribution in [1.29, 1.82) is 0 Å². The van der Waals surface area contributed by atoms with E-state index in [1.807, 2.05) is 99.6 Å². The second kappa shape index (κ2) is 11.5. The lowest BCUT2D eigenvalue weighted by Gasteiger charge is -2.37. The van der Waals surface area contributed by atoms with Crippen LogP contribution in [0.15, 0.2) is 89.3 Å². The summed E-state index contributed by atoms with van der Waals surface area (Å²) in [6, 6.07) is 21.6. The molecule has 0 aromatic heterocycles. The van der Waals surface area contributed by atoms with Crippen molar-refractivity contribution >= 4 is 23.1 Å². The van der Waals surface area contributed by atoms with Crippen molar-refractivity contribution in [3.63, 3.8) is 0 Å². The molecule has 7 nitrogen and oxygen atoms in total. The Kier molecular flexibility index (Phi) is 7.88. The summed E-state index contributed by atoms with van der Waals surface area (Å²) in [5.74, 6) is 0.597. The van der Waals surface area contributed by atoms with E-state index in [9.17, 15) is 9.59 Å². The van der Waals surface area contributed by atoms with E-state index in [2.05, 4.69) is 10.6 Å². The van der Waals surface area contributed by atoms with E-state index in [-0.39, 0.29) is 17.6 Å². The molecular weight excluding hydrogens is 514 g/mol. The van der Waals surface area contributed by atoms with Gasteiger partial charge in [-0.2, -0.15) is 0 Å². The quantitative estimate of drug-likeness (QED) is 0.371. The number of hydrogen-bond acceptors (Lipinski definition) is 6. The van der Waals surface area contributed by atoms with Crippen LogP contribution in [0.4, 0.5) is 11.4 Å². The fourth-order valence-corrected chi connectivity index (χ4v) is 5.82. The molecule has 0 saturated heterocycles. The molecule has 0 saturated carbocycles. The largest absolute Gasteiger partial charge is 0.493 e. The minimum atomic E-state index is -0.480. The Bertz CT molecular complexity index is 1540. The minimum absolute atomic E-state index is 0.0268. The summed E-state index contributed by atoms with van der Waals surface area (Å²) in [6.45, 7) is 3.92. The number of rotatable bonds is 7. The number of carbonyl (C=O) groups excluding carboxylic acids is 2. The van der Waals surface area contributed by atoms with Crippen LogP contribution in [-0.2, 0) is 9.59 Å². The molecule has 1 aliphatic heterocycles. The smallest absolute Gasteiger partial charge is 0.254 e. The molecule has 2 aliphatic rings. The highest BCUT2D eigenvalue weighted by molar-refractivity contribution is 6.10. The van der Waals surface area contributed by atoms with E-state index < -0.39 is 5.92 Å². The van der Waals surface area contributed by atoms with Crippen molar-refractivity contribution in [3.05, 3.63) is 106 Å². The molecule has 2 atom stereocenters. The highest BCUT2D eigenvalue weighted by Crippen LogP contribution is 2.46. The molecule has 212 valence electrons. The topological polar surface area (TPSA) is 79.9 Å². The first-order valence-corrected chi connectivity index (χ1v) is 13.8. The summed E-state index contributed by atoms with van der Waals surface area (Å²) in [7, 11) is 7.20. The molecule has 0 unspecified atom stereocenters. The van der Waals surface area contributed by atoms with Crippen LogP contribution in [0, 0.1) is 6.92 Å². The number of amides is 1. The van der Waals surface area contributed by atoms with Crippen LogP contribution in [0.5, 0.6) is 11.5 Å². The number of methoxy groups -OCH3 is 2. The lowest BCUT2D eigenvalue weighted by Crippen LogP contribution is -2.37. The molecule has 1 aliphatic carbocycles. The van der Waals surface area contributed by atoms with Crippen LogP contribution in [0.25, 0.3) is 0 Å². The Morgan fingerprint density at radius 1 is 0.878 bits per heavy atom. The molecule has 41 heavy (non-hydrogen) atoms. The van der Waals surface area contributed by atoms with Crippen molar-refractivity contribution in [2.24, 2.45) is 0 Å². The zero-order valence-electron chi connectivity index (χ0n) is 24.5. The fourth-order valence-electron chi connectivity index (χ4n) is 5.82. The maximum absolute atomic E-state index is 14.0. The number of Topliss-reactive ketones (excluding diaryl/α,β-unsaturated/α-hetero) is 1. The van der Waals surface area contributed by atoms with Crippen LogP contribution in [0.2, 0.25) is 0 Å². The van der Waals surface area contributed by atoms with E-state index in [1.165, 1.54) is 0 Å². The van der Waals surface area contributed by atoms with Crippen molar-refractivity contribution in [2.75, 3.05) is 38.5 Å². The highest BCUT2D eigenvalue weighted by atomic mass is 16.5. The van der Waals surface area contributed by atoms with Crippen molar-refractivity contribution in [3.8, 4) is 11.5 Å². The third-order valence-corrected chi connectivity index (χ3v) is 8.00. The maximum atomic E-state index is 14.0. The van der Waals surface area contributed by atoms with Crippen molar-refractivity contribution in [1.82, 2.24) is 5.32 Å². The summed E-state index contributed by atoms with van der Waals surface area (Å²) in [4.78, 5) is 29.9. The predicted molar refractivity (Wildman–Crippen MR) is 163 cm³/mol. The number of benzene rings is 3. The molecule has 5 rings (SSSR count). The number of ether oxygens (including phenoxy) is 2. The first kappa shape index (κ1) is 28.0. The SMILES string of the molecule is COc1ccc([C@@H]2CC(=O)C3=C(C2)NC(C)=C(C(=O)Nc2ccc(C)cc2)[C@@H]3c2ccc(N(C)C)cc2)cc1OC. The molecule has 0 bridgehead atoms. The van der Waals surface area contributed by atoms with Crippen molar-refractivity contribution in [2.45, 2.75) is 38.5 Å². The second-order valence-electron chi connectivity index (χ2n) is 10.9. The predicted octanol–water partition coefficient (Wildman–Crippen LogP) is 6.08. The number of aryl methyl sites for hydroxylation is 1. The first-order valence-electron chi connectivity index (χ1n) is 13.8. The number of hydrogen-bond donors (Lipinski definition) is 2. The third kappa shape index (κ3) is 5.57. The summed E-state index contributed by atoms with van der Waals surface area (Å²) in [5.41, 5.74) is 7.64. The third-order valence-electron chi connectivity index (χ3n) is 8.00. The number of nitrogens with one attached hydrogen (secondary N) is 2. The van der Waals surface area contributed by atoms with Crippen LogP contribution in [0.3, 0.4) is 0 Å². The Morgan fingerprint density at radius 2 is 1.54 bits per heavy atom. The van der Waals surface area contributed by atoms with Gasteiger partial charge in [0.15, 0.2) is 17.3 Å². The number of dihydropyridines is 1. The van der Waals surface area contributed by atoms with E-state index in [0.717, 1.165) is 33.8 Å². The zero-order chi connectivity index (χ0) is 29.3. The van der Waals surface area contributed by atoms with E-state index in [0.29, 0.717) is 41.2 Å². The molecule has 3 aromatic carbocycles. The van der Waals surface area contributed by atoms with Gasteiger partial charge in [0.1, 0.15) is 0 Å². The number of allylic oxidation sites excluding steroid dienone is 3. The molecule has 0 radical (unpaired) electrons. The van der Waals surface area contributed by atoms with Gasteiger partial charge in [-0.1, -0.05) is 35.9 Å². The molecule has 2 N–H and O–H groups in total. The number of ketones is 1. The number of nitrogens with zero attached hydrogens (tertiary/aromatic N) is 1. The van der Waals surface area contributed by atoms with Gasteiger partial charge in [0.2, 0.25) is 0 Å². The molecule has 1 amide bonds. The Labute approximate surface area is 241 Å². The van der Waals surface area contributed by atoms with Crippen molar-refractivity contribution < 1.29 is 19.1 Å². The molecule has 0 spiro atoms. The number of carbonyl (C=O) groups is 2. The zero-order valence-corrected chi connectivity index (χ0v) is 24.5. The van der Waals surface area contributed by atoms with Crippen LogP contribution < -0.4 is 25.0 Å². The first-order chi connectivity index (χ1) is 19.7. The van der Waals surface area contributed by atoms with E-state index in [1.54, 1.807) is 14.2 Å². The van der Waals surface area contributed by atoms with Crippen LogP contribution in [0.1, 0.15) is 48.3 Å². The van der Waals surface area contributed by atoms with Gasteiger partial charge in [0, 0.05) is 60.3 Å². The van der Waals surface area contributed by atoms with Gasteiger partial charge in [-0.05, 0) is 73.7 Å². The normalized spacial score (nSPS) is 18.4. The standard InChI is InChI=1S/C34H37N3O4/c1-20-7-12-25(13-8-20)36-34(39)31-21(2)35-27-17-24(23-11-16-29(40-5)30(19-23)41-6)18-28(38)33(27)32(31)22-9-14-26(15-10-22)37(3)4/h7-16,19,24,32,35H,17-18H2,1-6H3,(H,36,39)/t24-,32-/m0/s1. The minimum Gasteiger partial charge on any atom is -0.493 e.